The normalized spacial score (nSPS) is 15.1. The Labute approximate surface area is 183 Å². The third-order valence-corrected chi connectivity index (χ3v) is 6.08. The van der Waals surface area contributed by atoms with Crippen LogP contribution in [0.25, 0.3) is 33.3 Å². The van der Waals surface area contributed by atoms with Gasteiger partial charge in [0.1, 0.15) is 17.2 Å². The van der Waals surface area contributed by atoms with Crippen LogP contribution in [0.15, 0.2) is 41.2 Å². The molecule has 1 aliphatic heterocycles. The zero-order valence-electron chi connectivity index (χ0n) is 17.8. The van der Waals surface area contributed by atoms with Crippen LogP contribution in [-0.4, -0.2) is 66.3 Å². The fourth-order valence-corrected chi connectivity index (χ4v) is 4.33. The Bertz CT molecular complexity index is 1340. The van der Waals surface area contributed by atoms with Crippen molar-refractivity contribution in [2.75, 3.05) is 57.1 Å². The van der Waals surface area contributed by atoms with E-state index in [2.05, 4.69) is 24.8 Å². The highest BCUT2D eigenvalue weighted by Crippen LogP contribution is 2.30. The number of pyridine rings is 1. The Balaban J connectivity index is 1.47. The molecule has 0 spiro atoms. The van der Waals surface area contributed by atoms with Crippen molar-refractivity contribution >= 4 is 33.3 Å². The van der Waals surface area contributed by atoms with Crippen molar-refractivity contribution in [3.8, 4) is 11.4 Å². The number of nitrogen functional groups attached to an aromatic ring is 1. The maximum absolute atomic E-state index is 14.4. The van der Waals surface area contributed by atoms with E-state index in [-0.39, 0.29) is 16.6 Å². The van der Waals surface area contributed by atoms with Gasteiger partial charge in [-0.3, -0.25) is 9.69 Å². The number of benzene rings is 2. The number of methoxy groups -OCH3 is 1. The summed E-state index contributed by atoms with van der Waals surface area (Å²) in [5, 5.41) is 0.189. The first kappa shape index (κ1) is 20.5. The van der Waals surface area contributed by atoms with E-state index in [0.29, 0.717) is 11.3 Å². The van der Waals surface area contributed by atoms with Crippen LogP contribution in [0, 0.1) is 5.82 Å². The molecule has 0 unspecified atom stereocenters. The summed E-state index contributed by atoms with van der Waals surface area (Å²) >= 11 is 0. The molecule has 1 fully saturated rings. The molecule has 3 heterocycles. The first-order valence-corrected chi connectivity index (χ1v) is 10.6. The van der Waals surface area contributed by atoms with Crippen molar-refractivity contribution in [3.63, 3.8) is 0 Å². The number of ether oxygens (including phenoxy) is 1. The third kappa shape index (κ3) is 3.59. The molecule has 0 aliphatic carbocycles. The van der Waals surface area contributed by atoms with Crippen LogP contribution in [0.1, 0.15) is 0 Å². The molecular formula is C23H25FN6O2. The molecule has 166 valence electrons. The predicted molar refractivity (Wildman–Crippen MR) is 125 cm³/mol. The lowest BCUT2D eigenvalue weighted by molar-refractivity contribution is 0.144. The molecule has 0 radical (unpaired) electrons. The Morgan fingerprint density at radius 3 is 2.72 bits per heavy atom. The number of hydrogen-bond donors (Lipinski definition) is 3. The van der Waals surface area contributed by atoms with Gasteiger partial charge in [0.2, 0.25) is 0 Å². The highest BCUT2D eigenvalue weighted by molar-refractivity contribution is 5.98. The average molecular weight is 436 g/mol. The summed E-state index contributed by atoms with van der Waals surface area (Å²) in [6.45, 7) is 5.48. The van der Waals surface area contributed by atoms with Gasteiger partial charge in [-0.2, -0.15) is 0 Å². The second kappa shape index (κ2) is 8.25. The van der Waals surface area contributed by atoms with Gasteiger partial charge in [0, 0.05) is 45.5 Å². The van der Waals surface area contributed by atoms with Crippen molar-refractivity contribution in [2.45, 2.75) is 0 Å². The minimum atomic E-state index is -0.486. The van der Waals surface area contributed by atoms with E-state index in [1.807, 2.05) is 18.2 Å². The van der Waals surface area contributed by atoms with Crippen LogP contribution in [0.4, 0.5) is 15.8 Å². The number of nitrogens with two attached hydrogens (primary N) is 1. The summed E-state index contributed by atoms with van der Waals surface area (Å²) in [7, 11) is 1.72. The zero-order chi connectivity index (χ0) is 22.2. The van der Waals surface area contributed by atoms with Gasteiger partial charge in [-0.05, 0) is 30.3 Å². The lowest BCUT2D eigenvalue weighted by Gasteiger charge is -2.36. The molecule has 0 amide bonds. The van der Waals surface area contributed by atoms with Crippen LogP contribution in [-0.2, 0) is 4.74 Å². The molecule has 2 aromatic carbocycles. The average Bonchev–Trinajstić information content (AvgIpc) is 3.20. The summed E-state index contributed by atoms with van der Waals surface area (Å²) in [6.07, 6.45) is 0. The van der Waals surface area contributed by atoms with Gasteiger partial charge in [0.05, 0.1) is 34.2 Å². The van der Waals surface area contributed by atoms with E-state index in [0.717, 1.165) is 56.1 Å². The summed E-state index contributed by atoms with van der Waals surface area (Å²) in [4.78, 5) is 27.9. The van der Waals surface area contributed by atoms with E-state index in [4.69, 9.17) is 10.5 Å². The van der Waals surface area contributed by atoms with Gasteiger partial charge in [-0.1, -0.05) is 6.07 Å². The lowest BCUT2D eigenvalue weighted by Crippen LogP contribution is -2.47. The van der Waals surface area contributed by atoms with Gasteiger partial charge in [-0.15, -0.1) is 0 Å². The van der Waals surface area contributed by atoms with Crippen LogP contribution < -0.4 is 16.2 Å². The molecule has 9 heteroatoms. The quantitative estimate of drug-likeness (QED) is 0.444. The number of hydrogen-bond acceptors (Lipinski definition) is 6. The summed E-state index contributed by atoms with van der Waals surface area (Å²) in [6, 6.07) is 10.5. The number of piperazine rings is 1. The van der Waals surface area contributed by atoms with Crippen molar-refractivity contribution in [2.24, 2.45) is 0 Å². The van der Waals surface area contributed by atoms with Crippen LogP contribution in [0.2, 0.25) is 0 Å². The second-order valence-corrected chi connectivity index (χ2v) is 8.01. The summed E-state index contributed by atoms with van der Waals surface area (Å²) in [5.74, 6) is -0.161. The number of H-pyrrole nitrogens is 2. The number of anilines is 2. The minimum absolute atomic E-state index is 0.0771. The van der Waals surface area contributed by atoms with Gasteiger partial charge in [-0.25, -0.2) is 9.37 Å². The maximum Gasteiger partial charge on any atom is 0.261 e. The third-order valence-electron chi connectivity index (χ3n) is 6.08. The number of fused-ring (bicyclic) bond motifs is 2. The Hall–Kier alpha value is -3.43. The maximum atomic E-state index is 14.4. The van der Waals surface area contributed by atoms with E-state index in [1.54, 1.807) is 13.2 Å². The SMILES string of the molecule is COCCN1CCN(c2ccc3nc(-c4c(N)c5c(F)cccc5[nH]c4=O)[nH]c3c2)CC1. The van der Waals surface area contributed by atoms with Gasteiger partial charge < -0.3 is 25.3 Å². The van der Waals surface area contributed by atoms with Gasteiger partial charge in [0.25, 0.3) is 5.56 Å². The smallest absolute Gasteiger partial charge is 0.261 e. The van der Waals surface area contributed by atoms with E-state index in [9.17, 15) is 9.18 Å². The first-order valence-electron chi connectivity index (χ1n) is 10.6. The van der Waals surface area contributed by atoms with Gasteiger partial charge in [0.15, 0.2) is 0 Å². The van der Waals surface area contributed by atoms with Crippen molar-refractivity contribution in [1.29, 1.82) is 0 Å². The minimum Gasteiger partial charge on any atom is -0.397 e. The largest absolute Gasteiger partial charge is 0.397 e. The van der Waals surface area contributed by atoms with Crippen molar-refractivity contribution in [1.82, 2.24) is 19.9 Å². The van der Waals surface area contributed by atoms with Crippen LogP contribution in [0.5, 0.6) is 0 Å². The molecule has 1 saturated heterocycles. The number of halogens is 1. The number of rotatable bonds is 5. The fraction of sp³-hybridized carbons (Fsp3) is 0.304. The number of nitrogens with one attached hydrogen (secondary N) is 2. The van der Waals surface area contributed by atoms with E-state index in [1.165, 1.54) is 12.1 Å². The molecular weight excluding hydrogens is 411 g/mol. The molecule has 0 bridgehead atoms. The molecule has 4 N–H and O–H groups in total. The highest BCUT2D eigenvalue weighted by atomic mass is 19.1. The van der Waals surface area contributed by atoms with Gasteiger partial charge >= 0.3 is 0 Å². The van der Waals surface area contributed by atoms with Crippen LogP contribution >= 0.6 is 0 Å². The molecule has 5 rings (SSSR count). The topological polar surface area (TPSA) is 103 Å². The summed E-state index contributed by atoms with van der Waals surface area (Å²) < 4.78 is 19.6. The molecule has 32 heavy (non-hydrogen) atoms. The first-order chi connectivity index (χ1) is 15.5. The number of aromatic nitrogens is 3. The Morgan fingerprint density at radius 1 is 1.12 bits per heavy atom. The van der Waals surface area contributed by atoms with E-state index >= 15 is 0 Å². The summed E-state index contributed by atoms with van der Waals surface area (Å²) in [5.41, 5.74) is 9.00. The zero-order valence-corrected chi connectivity index (χ0v) is 17.8. The number of imidazole rings is 1. The second-order valence-electron chi connectivity index (χ2n) is 8.01. The molecule has 2 aromatic heterocycles. The molecule has 8 nitrogen and oxygen atoms in total. The number of nitrogens with zero attached hydrogens (tertiary/aromatic N) is 3. The molecule has 0 saturated carbocycles. The van der Waals surface area contributed by atoms with E-state index < -0.39 is 11.4 Å². The highest BCUT2D eigenvalue weighted by Gasteiger charge is 2.20. The van der Waals surface area contributed by atoms with Crippen molar-refractivity contribution in [3.05, 3.63) is 52.6 Å². The molecule has 1 aliphatic rings. The predicted octanol–water partition coefficient (Wildman–Crippen LogP) is 2.56. The van der Waals surface area contributed by atoms with Crippen LogP contribution in [0.3, 0.4) is 0 Å². The standard InChI is InChI=1S/C23H25FN6O2/c1-32-12-11-29-7-9-30(10-8-29)14-5-6-16-18(13-14)27-22(26-16)20-21(25)19-15(24)3-2-4-17(19)28-23(20)31/h2-6,13H,7-12H2,1H3,(H,26,27)(H3,25,28,31). The monoisotopic (exact) mass is 436 g/mol. The Morgan fingerprint density at radius 2 is 1.94 bits per heavy atom. The fourth-order valence-electron chi connectivity index (χ4n) is 4.33. The van der Waals surface area contributed by atoms with Crippen molar-refractivity contribution < 1.29 is 9.13 Å². The molecule has 0 atom stereocenters. The Kier molecular flexibility index (Phi) is 5.28. The lowest BCUT2D eigenvalue weighted by atomic mass is 10.1. The molecule has 4 aromatic rings. The number of aromatic amines is 2.